The lowest BCUT2D eigenvalue weighted by molar-refractivity contribution is -0.138. The van der Waals surface area contributed by atoms with Gasteiger partial charge in [0.15, 0.2) is 0 Å². The predicted octanol–water partition coefficient (Wildman–Crippen LogP) is 1.90. The normalized spacial score (nSPS) is 20.9. The molecule has 4 heteroatoms. The smallest absolute Gasteiger partial charge is 0.225 e. The molecule has 2 N–H and O–H groups in total. The molecular formula is C17H25NO3. The van der Waals surface area contributed by atoms with Crippen LogP contribution < -0.4 is 0 Å². The van der Waals surface area contributed by atoms with Crippen molar-refractivity contribution in [2.24, 2.45) is 5.92 Å². The molecule has 1 aliphatic rings. The van der Waals surface area contributed by atoms with Crippen LogP contribution in [0, 0.1) is 5.92 Å². The lowest BCUT2D eigenvalue weighted by Crippen LogP contribution is -2.43. The third-order valence-electron chi connectivity index (χ3n) is 4.47. The highest BCUT2D eigenvalue weighted by Gasteiger charge is 2.31. The number of aliphatic hydroxyl groups excluding tert-OH is 1. The average molecular weight is 291 g/mol. The van der Waals surface area contributed by atoms with Crippen molar-refractivity contribution in [3.63, 3.8) is 0 Å². The summed E-state index contributed by atoms with van der Waals surface area (Å²) >= 11 is 0. The molecule has 2 atom stereocenters. The van der Waals surface area contributed by atoms with E-state index < -0.39 is 5.60 Å². The molecule has 1 heterocycles. The van der Waals surface area contributed by atoms with E-state index in [4.69, 9.17) is 0 Å². The molecule has 1 fully saturated rings. The Labute approximate surface area is 126 Å². The molecule has 0 radical (unpaired) electrons. The standard InChI is InChI=1S/C17H25NO3/c1-13(19)14-8-10-18(11-9-14)16(20)12-17(2,21)15-6-4-3-5-7-15/h3-7,13-14,19,21H,8-12H2,1-2H3. The Bertz CT molecular complexity index is 462. The molecule has 0 saturated carbocycles. The molecule has 0 aromatic heterocycles. The maximum Gasteiger partial charge on any atom is 0.225 e. The van der Waals surface area contributed by atoms with Gasteiger partial charge in [-0.3, -0.25) is 4.79 Å². The Balaban J connectivity index is 1.93. The lowest BCUT2D eigenvalue weighted by Gasteiger charge is -2.35. The van der Waals surface area contributed by atoms with Crippen molar-refractivity contribution in [3.05, 3.63) is 35.9 Å². The Kier molecular flexibility index (Phi) is 5.01. The van der Waals surface area contributed by atoms with Crippen molar-refractivity contribution in [2.75, 3.05) is 13.1 Å². The van der Waals surface area contributed by atoms with Gasteiger partial charge in [0.1, 0.15) is 0 Å². The van der Waals surface area contributed by atoms with Crippen LogP contribution in [0.4, 0.5) is 0 Å². The number of hydrogen-bond donors (Lipinski definition) is 2. The van der Waals surface area contributed by atoms with Crippen LogP contribution in [0.25, 0.3) is 0 Å². The van der Waals surface area contributed by atoms with Crippen LogP contribution >= 0.6 is 0 Å². The molecule has 116 valence electrons. The largest absolute Gasteiger partial charge is 0.393 e. The highest BCUT2D eigenvalue weighted by molar-refractivity contribution is 5.77. The van der Waals surface area contributed by atoms with Crippen LogP contribution in [0.3, 0.4) is 0 Å². The molecule has 2 unspecified atom stereocenters. The quantitative estimate of drug-likeness (QED) is 0.891. The van der Waals surface area contributed by atoms with E-state index in [0.717, 1.165) is 18.4 Å². The number of benzene rings is 1. The summed E-state index contributed by atoms with van der Waals surface area (Å²) in [5.41, 5.74) is -0.378. The van der Waals surface area contributed by atoms with E-state index in [0.29, 0.717) is 13.1 Å². The second-order valence-corrected chi connectivity index (χ2v) is 6.28. The first kappa shape index (κ1) is 16.0. The lowest BCUT2D eigenvalue weighted by atomic mass is 9.89. The Morgan fingerprint density at radius 2 is 1.90 bits per heavy atom. The first-order valence-electron chi connectivity index (χ1n) is 7.64. The summed E-state index contributed by atoms with van der Waals surface area (Å²) in [6.45, 7) is 4.82. The zero-order valence-electron chi connectivity index (χ0n) is 12.8. The third kappa shape index (κ3) is 4.05. The molecule has 4 nitrogen and oxygen atoms in total. The highest BCUT2D eigenvalue weighted by atomic mass is 16.3. The molecule has 2 rings (SSSR count). The van der Waals surface area contributed by atoms with Crippen molar-refractivity contribution >= 4 is 5.91 Å². The van der Waals surface area contributed by atoms with Gasteiger partial charge in [0, 0.05) is 13.1 Å². The molecule has 1 aromatic rings. The monoisotopic (exact) mass is 291 g/mol. The van der Waals surface area contributed by atoms with Crippen LogP contribution in [0.2, 0.25) is 0 Å². The number of carbonyl (C=O) groups excluding carboxylic acids is 1. The van der Waals surface area contributed by atoms with Gasteiger partial charge in [-0.05, 0) is 38.2 Å². The summed E-state index contributed by atoms with van der Waals surface area (Å²) in [6.07, 6.45) is 1.44. The van der Waals surface area contributed by atoms with E-state index in [1.165, 1.54) is 0 Å². The van der Waals surface area contributed by atoms with Gasteiger partial charge in [0.25, 0.3) is 0 Å². The molecule has 0 spiro atoms. The first-order valence-corrected chi connectivity index (χ1v) is 7.64. The van der Waals surface area contributed by atoms with Crippen LogP contribution in [0.1, 0.15) is 38.7 Å². The van der Waals surface area contributed by atoms with Crippen LogP contribution in [-0.2, 0) is 10.4 Å². The van der Waals surface area contributed by atoms with Crippen molar-refractivity contribution < 1.29 is 15.0 Å². The van der Waals surface area contributed by atoms with Crippen LogP contribution in [-0.4, -0.2) is 40.2 Å². The Hall–Kier alpha value is -1.39. The highest BCUT2D eigenvalue weighted by Crippen LogP contribution is 2.27. The van der Waals surface area contributed by atoms with Gasteiger partial charge < -0.3 is 15.1 Å². The van der Waals surface area contributed by atoms with Gasteiger partial charge in [-0.1, -0.05) is 30.3 Å². The molecule has 1 aliphatic heterocycles. The number of rotatable bonds is 4. The Morgan fingerprint density at radius 3 is 2.43 bits per heavy atom. The SMILES string of the molecule is CC(O)C1CCN(C(=O)CC(C)(O)c2ccccc2)CC1. The van der Waals surface area contributed by atoms with Crippen LogP contribution in [0.5, 0.6) is 0 Å². The molecule has 1 amide bonds. The molecule has 1 aromatic carbocycles. The van der Waals surface area contributed by atoms with E-state index in [2.05, 4.69) is 0 Å². The fourth-order valence-electron chi connectivity index (χ4n) is 2.94. The van der Waals surface area contributed by atoms with Gasteiger partial charge in [-0.15, -0.1) is 0 Å². The maximum absolute atomic E-state index is 12.4. The molecular weight excluding hydrogens is 266 g/mol. The number of piperidine rings is 1. The zero-order chi connectivity index (χ0) is 15.5. The van der Waals surface area contributed by atoms with Crippen LogP contribution in [0.15, 0.2) is 30.3 Å². The van der Waals surface area contributed by atoms with Gasteiger partial charge >= 0.3 is 0 Å². The van der Waals surface area contributed by atoms with Gasteiger partial charge in [0.05, 0.1) is 18.1 Å². The van der Waals surface area contributed by atoms with Crippen molar-refractivity contribution in [2.45, 2.75) is 44.8 Å². The minimum absolute atomic E-state index is 0.0205. The maximum atomic E-state index is 12.4. The first-order chi connectivity index (χ1) is 9.90. The second kappa shape index (κ2) is 6.58. The summed E-state index contributed by atoms with van der Waals surface area (Å²) in [6, 6.07) is 9.30. The topological polar surface area (TPSA) is 60.8 Å². The molecule has 1 saturated heterocycles. The van der Waals surface area contributed by atoms with E-state index >= 15 is 0 Å². The average Bonchev–Trinajstić information content (AvgIpc) is 2.48. The summed E-state index contributed by atoms with van der Waals surface area (Å²) in [4.78, 5) is 14.2. The van der Waals surface area contributed by atoms with Crippen molar-refractivity contribution in [1.29, 1.82) is 0 Å². The number of aliphatic hydroxyl groups is 2. The van der Waals surface area contributed by atoms with E-state index in [1.807, 2.05) is 37.3 Å². The van der Waals surface area contributed by atoms with Crippen molar-refractivity contribution in [1.82, 2.24) is 4.90 Å². The summed E-state index contributed by atoms with van der Waals surface area (Å²) in [5, 5.41) is 20.1. The van der Waals surface area contributed by atoms with Crippen molar-refractivity contribution in [3.8, 4) is 0 Å². The van der Waals surface area contributed by atoms with Gasteiger partial charge in [-0.25, -0.2) is 0 Å². The molecule has 0 aliphatic carbocycles. The van der Waals surface area contributed by atoms with E-state index in [1.54, 1.807) is 11.8 Å². The number of hydrogen-bond acceptors (Lipinski definition) is 3. The number of carbonyl (C=O) groups is 1. The minimum Gasteiger partial charge on any atom is -0.393 e. The number of nitrogens with zero attached hydrogens (tertiary/aromatic N) is 1. The zero-order valence-corrected chi connectivity index (χ0v) is 12.8. The number of likely N-dealkylation sites (tertiary alicyclic amines) is 1. The number of amides is 1. The summed E-state index contributed by atoms with van der Waals surface area (Å²) in [5.74, 6) is 0.261. The summed E-state index contributed by atoms with van der Waals surface area (Å²) in [7, 11) is 0. The van der Waals surface area contributed by atoms with E-state index in [9.17, 15) is 15.0 Å². The molecule has 21 heavy (non-hydrogen) atoms. The minimum atomic E-state index is -1.14. The predicted molar refractivity (Wildman–Crippen MR) is 81.6 cm³/mol. The Morgan fingerprint density at radius 1 is 1.33 bits per heavy atom. The third-order valence-corrected chi connectivity index (χ3v) is 4.47. The van der Waals surface area contributed by atoms with Gasteiger partial charge in [0.2, 0.25) is 5.91 Å². The van der Waals surface area contributed by atoms with Gasteiger partial charge in [-0.2, -0.15) is 0 Å². The fourth-order valence-corrected chi connectivity index (χ4v) is 2.94. The molecule has 0 bridgehead atoms. The second-order valence-electron chi connectivity index (χ2n) is 6.28. The van der Waals surface area contributed by atoms with E-state index in [-0.39, 0.29) is 24.3 Å². The summed E-state index contributed by atoms with van der Waals surface area (Å²) < 4.78 is 0. The fraction of sp³-hybridized carbons (Fsp3) is 0.588.